The first-order chi connectivity index (χ1) is 14.6. The highest BCUT2D eigenvalue weighted by molar-refractivity contribution is 6.31. The number of nitrogens with one attached hydrogen (secondary N) is 1. The van der Waals surface area contributed by atoms with E-state index in [2.05, 4.69) is 38.1 Å². The first-order valence-electron chi connectivity index (χ1n) is 9.60. The van der Waals surface area contributed by atoms with Gasteiger partial charge in [0.2, 0.25) is 0 Å². The van der Waals surface area contributed by atoms with Crippen molar-refractivity contribution in [1.29, 1.82) is 0 Å². The van der Waals surface area contributed by atoms with Crippen molar-refractivity contribution >= 4 is 39.5 Å². The minimum Gasteiger partial charge on any atom is -0.382 e. The fraction of sp³-hybridized carbons (Fsp3) is 0.136. The first-order valence-corrected chi connectivity index (χ1v) is 9.98. The van der Waals surface area contributed by atoms with Crippen LogP contribution in [0.3, 0.4) is 0 Å². The van der Waals surface area contributed by atoms with Gasteiger partial charge in [0.1, 0.15) is 11.8 Å². The number of nitrogens with two attached hydrogens (primary N) is 2. The Kier molecular flexibility index (Phi) is 4.61. The lowest BCUT2D eigenvalue weighted by Gasteiger charge is -2.10. The molecule has 1 unspecified atom stereocenters. The van der Waals surface area contributed by atoms with Crippen LogP contribution >= 0.6 is 11.6 Å². The van der Waals surface area contributed by atoms with Crippen molar-refractivity contribution in [2.24, 2.45) is 5.73 Å². The van der Waals surface area contributed by atoms with Crippen molar-refractivity contribution in [3.63, 3.8) is 0 Å². The number of aromatic amines is 1. The second-order valence-electron chi connectivity index (χ2n) is 7.35. The fourth-order valence-electron chi connectivity index (χ4n) is 3.80. The standard InChI is InChI=1S/C22H20ClN7/c23-16-7-14-9-18(17(24)6-13-4-2-1-3-5-13)29-19(14)15(8-16)10-30-12-28-20-21(25)26-11-27-22(20)30/h1-5,7-9,11-12,17,29H,6,10,24H2,(H2,25,26,27). The average molecular weight is 418 g/mol. The topological polar surface area (TPSA) is 111 Å². The number of imidazole rings is 1. The molecule has 0 radical (unpaired) electrons. The summed E-state index contributed by atoms with van der Waals surface area (Å²) < 4.78 is 1.93. The number of benzene rings is 2. The zero-order chi connectivity index (χ0) is 20.7. The van der Waals surface area contributed by atoms with E-state index in [0.29, 0.717) is 28.5 Å². The zero-order valence-electron chi connectivity index (χ0n) is 16.1. The molecule has 5 aromatic rings. The number of nitrogens with zero attached hydrogens (tertiary/aromatic N) is 4. The monoisotopic (exact) mass is 417 g/mol. The van der Waals surface area contributed by atoms with Gasteiger partial charge < -0.3 is 21.0 Å². The number of H-pyrrole nitrogens is 1. The van der Waals surface area contributed by atoms with Gasteiger partial charge in [-0.1, -0.05) is 41.9 Å². The van der Waals surface area contributed by atoms with Crippen LogP contribution in [0, 0.1) is 0 Å². The van der Waals surface area contributed by atoms with Crippen LogP contribution in [0.4, 0.5) is 5.82 Å². The third-order valence-electron chi connectivity index (χ3n) is 5.26. The summed E-state index contributed by atoms with van der Waals surface area (Å²) in [7, 11) is 0. The predicted molar refractivity (Wildman–Crippen MR) is 119 cm³/mol. The summed E-state index contributed by atoms with van der Waals surface area (Å²) in [6.07, 6.45) is 3.91. The lowest BCUT2D eigenvalue weighted by molar-refractivity contribution is 0.703. The second-order valence-corrected chi connectivity index (χ2v) is 7.79. The summed E-state index contributed by atoms with van der Waals surface area (Å²) >= 11 is 6.41. The Labute approximate surface area is 177 Å². The summed E-state index contributed by atoms with van der Waals surface area (Å²) in [5.41, 5.74) is 17.9. The Hall–Kier alpha value is -3.42. The Bertz CT molecular complexity index is 1340. The highest BCUT2D eigenvalue weighted by atomic mass is 35.5. The summed E-state index contributed by atoms with van der Waals surface area (Å²) in [4.78, 5) is 16.2. The third-order valence-corrected chi connectivity index (χ3v) is 5.48. The smallest absolute Gasteiger partial charge is 0.165 e. The van der Waals surface area contributed by atoms with Crippen molar-refractivity contribution < 1.29 is 0 Å². The molecule has 0 saturated heterocycles. The van der Waals surface area contributed by atoms with Gasteiger partial charge in [0.05, 0.1) is 18.4 Å². The molecule has 30 heavy (non-hydrogen) atoms. The Balaban J connectivity index is 1.51. The van der Waals surface area contributed by atoms with Gasteiger partial charge in [-0.25, -0.2) is 15.0 Å². The number of fused-ring (bicyclic) bond motifs is 2. The number of rotatable bonds is 5. The van der Waals surface area contributed by atoms with E-state index in [9.17, 15) is 0 Å². The van der Waals surface area contributed by atoms with Crippen molar-refractivity contribution in [2.75, 3.05) is 5.73 Å². The van der Waals surface area contributed by atoms with Crippen molar-refractivity contribution in [2.45, 2.75) is 19.0 Å². The molecule has 0 aliphatic carbocycles. The van der Waals surface area contributed by atoms with Gasteiger partial charge in [0.25, 0.3) is 0 Å². The van der Waals surface area contributed by atoms with Crippen LogP contribution in [-0.2, 0) is 13.0 Å². The third kappa shape index (κ3) is 3.38. The molecule has 0 aliphatic heterocycles. The molecule has 8 heteroatoms. The summed E-state index contributed by atoms with van der Waals surface area (Å²) in [5.74, 6) is 0.365. The Morgan fingerprint density at radius 3 is 2.73 bits per heavy atom. The van der Waals surface area contributed by atoms with E-state index in [-0.39, 0.29) is 6.04 Å². The number of hydrogen-bond donors (Lipinski definition) is 3. The minimum atomic E-state index is -0.145. The Morgan fingerprint density at radius 1 is 1.07 bits per heavy atom. The van der Waals surface area contributed by atoms with E-state index in [0.717, 1.165) is 28.6 Å². The second kappa shape index (κ2) is 7.44. The minimum absolute atomic E-state index is 0.145. The van der Waals surface area contributed by atoms with Crippen LogP contribution in [0.2, 0.25) is 5.02 Å². The predicted octanol–water partition coefficient (Wildman–Crippen LogP) is 3.83. The molecule has 2 aromatic carbocycles. The molecule has 5 N–H and O–H groups in total. The lowest BCUT2D eigenvalue weighted by atomic mass is 10.0. The average Bonchev–Trinajstić information content (AvgIpc) is 3.34. The van der Waals surface area contributed by atoms with Crippen LogP contribution in [0.25, 0.3) is 22.1 Å². The van der Waals surface area contributed by atoms with Crippen molar-refractivity contribution in [3.05, 3.63) is 83.0 Å². The van der Waals surface area contributed by atoms with Crippen LogP contribution in [0.15, 0.2) is 61.2 Å². The molecule has 5 rings (SSSR count). The molecule has 7 nitrogen and oxygen atoms in total. The highest BCUT2D eigenvalue weighted by Crippen LogP contribution is 2.28. The van der Waals surface area contributed by atoms with E-state index in [1.54, 1.807) is 6.33 Å². The number of hydrogen-bond acceptors (Lipinski definition) is 5. The van der Waals surface area contributed by atoms with Gasteiger partial charge in [-0.3, -0.25) is 0 Å². The molecule has 0 bridgehead atoms. The van der Waals surface area contributed by atoms with Crippen molar-refractivity contribution in [3.8, 4) is 0 Å². The zero-order valence-corrected chi connectivity index (χ0v) is 16.8. The van der Waals surface area contributed by atoms with E-state index in [4.69, 9.17) is 23.1 Å². The number of nitrogen functional groups attached to an aromatic ring is 1. The molecule has 0 amide bonds. The van der Waals surface area contributed by atoms with Crippen LogP contribution in [0.1, 0.15) is 22.9 Å². The van der Waals surface area contributed by atoms with Crippen LogP contribution < -0.4 is 11.5 Å². The van der Waals surface area contributed by atoms with Gasteiger partial charge in [-0.2, -0.15) is 0 Å². The number of aromatic nitrogens is 5. The maximum absolute atomic E-state index is 6.50. The largest absolute Gasteiger partial charge is 0.382 e. The van der Waals surface area contributed by atoms with Gasteiger partial charge in [-0.05, 0) is 35.7 Å². The molecule has 0 saturated carbocycles. The Morgan fingerprint density at radius 2 is 1.90 bits per heavy atom. The summed E-state index contributed by atoms with van der Waals surface area (Å²) in [6, 6.07) is 16.0. The van der Waals surface area contributed by atoms with E-state index < -0.39 is 0 Å². The van der Waals surface area contributed by atoms with Gasteiger partial charge in [0.15, 0.2) is 11.5 Å². The van der Waals surface area contributed by atoms with E-state index in [1.807, 2.05) is 34.9 Å². The summed E-state index contributed by atoms with van der Waals surface area (Å²) in [6.45, 7) is 0.540. The molecular formula is C22H20ClN7. The van der Waals surface area contributed by atoms with Crippen molar-refractivity contribution in [1.82, 2.24) is 24.5 Å². The van der Waals surface area contributed by atoms with Gasteiger partial charge in [0, 0.05) is 22.1 Å². The van der Waals surface area contributed by atoms with E-state index in [1.165, 1.54) is 11.9 Å². The number of anilines is 1. The van der Waals surface area contributed by atoms with Gasteiger partial charge >= 0.3 is 0 Å². The van der Waals surface area contributed by atoms with Crippen LogP contribution in [-0.4, -0.2) is 24.5 Å². The maximum atomic E-state index is 6.50. The molecule has 150 valence electrons. The molecule has 3 heterocycles. The molecule has 0 fully saturated rings. The molecule has 0 spiro atoms. The molecular weight excluding hydrogens is 398 g/mol. The quantitative estimate of drug-likeness (QED) is 0.402. The maximum Gasteiger partial charge on any atom is 0.165 e. The van der Waals surface area contributed by atoms with Gasteiger partial charge in [-0.15, -0.1) is 0 Å². The molecule has 3 aromatic heterocycles. The molecule has 1 atom stereocenters. The highest BCUT2D eigenvalue weighted by Gasteiger charge is 2.15. The fourth-order valence-corrected chi connectivity index (χ4v) is 4.05. The first kappa shape index (κ1) is 18.6. The summed E-state index contributed by atoms with van der Waals surface area (Å²) in [5, 5.41) is 1.69. The lowest BCUT2D eigenvalue weighted by Crippen LogP contribution is -2.13. The molecule has 0 aliphatic rings. The normalized spacial score (nSPS) is 12.6. The number of halogens is 1. The SMILES string of the molecule is Nc1ncnc2c1ncn2Cc1cc(Cl)cc2cc(C(N)Cc3ccccc3)[nH]c12. The van der Waals surface area contributed by atoms with Crippen LogP contribution in [0.5, 0.6) is 0 Å². The van der Waals surface area contributed by atoms with E-state index >= 15 is 0 Å².